The standard InChI is InChI=1S/C11H8BrClFNO/c12-7-4-8(10(13)9(14)5-7)11(15-6-16)2-1-3-11/h4-5H,1-3H2. The van der Waals surface area contributed by atoms with Gasteiger partial charge in [-0.2, -0.15) is 4.99 Å². The fraction of sp³-hybridized carbons (Fsp3) is 0.364. The van der Waals surface area contributed by atoms with Crippen LogP contribution in [0.5, 0.6) is 0 Å². The minimum absolute atomic E-state index is 0.0434. The first kappa shape index (κ1) is 11.8. The number of aliphatic imine (C=N–C) groups is 1. The summed E-state index contributed by atoms with van der Waals surface area (Å²) >= 11 is 9.12. The molecular weight excluding hydrogens is 296 g/mol. The van der Waals surface area contributed by atoms with Gasteiger partial charge < -0.3 is 0 Å². The first-order valence-electron chi connectivity index (χ1n) is 4.83. The molecule has 0 N–H and O–H groups in total. The van der Waals surface area contributed by atoms with Crippen molar-refractivity contribution in [2.45, 2.75) is 24.8 Å². The molecule has 2 rings (SSSR count). The predicted octanol–water partition coefficient (Wildman–Crippen LogP) is 3.96. The normalized spacial score (nSPS) is 17.4. The highest BCUT2D eigenvalue weighted by Gasteiger charge is 2.41. The fourth-order valence-electron chi connectivity index (χ4n) is 1.94. The third kappa shape index (κ3) is 1.81. The van der Waals surface area contributed by atoms with Crippen molar-refractivity contribution in [1.82, 2.24) is 0 Å². The van der Waals surface area contributed by atoms with E-state index in [1.54, 1.807) is 12.1 Å². The second-order valence-electron chi connectivity index (χ2n) is 3.84. The van der Waals surface area contributed by atoms with Crippen LogP contribution in [0.15, 0.2) is 21.6 Å². The maximum atomic E-state index is 13.5. The molecule has 0 aliphatic heterocycles. The summed E-state index contributed by atoms with van der Waals surface area (Å²) in [5.41, 5.74) is -0.0978. The molecule has 0 aromatic heterocycles. The molecule has 0 saturated heterocycles. The maximum absolute atomic E-state index is 13.5. The van der Waals surface area contributed by atoms with Crippen LogP contribution in [0.3, 0.4) is 0 Å². The zero-order valence-electron chi connectivity index (χ0n) is 8.27. The monoisotopic (exact) mass is 303 g/mol. The Balaban J connectivity index is 2.58. The van der Waals surface area contributed by atoms with Gasteiger partial charge in [0.1, 0.15) is 5.82 Å². The molecular formula is C11H8BrClFNO. The molecule has 1 aliphatic carbocycles. The Bertz CT molecular complexity index is 481. The molecule has 5 heteroatoms. The number of carbonyl (C=O) groups excluding carboxylic acids is 1. The number of benzene rings is 1. The Kier molecular flexibility index (Phi) is 3.15. The van der Waals surface area contributed by atoms with E-state index in [-0.39, 0.29) is 5.02 Å². The Labute approximate surface area is 106 Å². The zero-order valence-corrected chi connectivity index (χ0v) is 10.6. The topological polar surface area (TPSA) is 29.4 Å². The van der Waals surface area contributed by atoms with E-state index in [2.05, 4.69) is 20.9 Å². The molecule has 1 fully saturated rings. The van der Waals surface area contributed by atoms with Crippen molar-refractivity contribution >= 4 is 33.6 Å². The largest absolute Gasteiger partial charge is 0.235 e. The average Bonchev–Trinajstić information content (AvgIpc) is 2.17. The summed E-state index contributed by atoms with van der Waals surface area (Å²) in [6.45, 7) is 0. The van der Waals surface area contributed by atoms with Gasteiger partial charge in [-0.1, -0.05) is 27.5 Å². The lowest BCUT2D eigenvalue weighted by molar-refractivity contribution is 0.255. The third-order valence-electron chi connectivity index (χ3n) is 2.93. The van der Waals surface area contributed by atoms with E-state index in [0.29, 0.717) is 22.9 Å². The van der Waals surface area contributed by atoms with Gasteiger partial charge in [-0.25, -0.2) is 9.18 Å². The molecule has 0 atom stereocenters. The second kappa shape index (κ2) is 4.28. The van der Waals surface area contributed by atoms with E-state index in [0.717, 1.165) is 6.42 Å². The third-order valence-corrected chi connectivity index (χ3v) is 3.78. The number of rotatable bonds is 2. The van der Waals surface area contributed by atoms with E-state index < -0.39 is 11.4 Å². The quantitative estimate of drug-likeness (QED) is 0.462. The van der Waals surface area contributed by atoms with Crippen LogP contribution < -0.4 is 0 Å². The minimum Gasteiger partial charge on any atom is -0.211 e. The van der Waals surface area contributed by atoms with Crippen LogP contribution in [0.4, 0.5) is 4.39 Å². The lowest BCUT2D eigenvalue weighted by Gasteiger charge is -2.37. The van der Waals surface area contributed by atoms with Crippen molar-refractivity contribution in [1.29, 1.82) is 0 Å². The zero-order chi connectivity index (χ0) is 11.8. The first-order chi connectivity index (χ1) is 7.59. The second-order valence-corrected chi connectivity index (χ2v) is 5.13. The number of halogens is 3. The molecule has 1 aromatic carbocycles. The van der Waals surface area contributed by atoms with E-state index in [1.807, 2.05) is 0 Å². The molecule has 1 aromatic rings. The van der Waals surface area contributed by atoms with Crippen molar-refractivity contribution in [3.05, 3.63) is 33.0 Å². The number of nitrogens with zero attached hydrogens (tertiary/aromatic N) is 1. The summed E-state index contributed by atoms with van der Waals surface area (Å²) in [4.78, 5) is 14.2. The summed E-state index contributed by atoms with van der Waals surface area (Å²) in [5, 5.41) is 0.0434. The van der Waals surface area contributed by atoms with E-state index in [1.165, 1.54) is 6.07 Å². The summed E-state index contributed by atoms with van der Waals surface area (Å²) in [6, 6.07) is 3.01. The van der Waals surface area contributed by atoms with Crippen molar-refractivity contribution < 1.29 is 9.18 Å². The van der Waals surface area contributed by atoms with Gasteiger partial charge in [0.15, 0.2) is 0 Å². The molecule has 2 nitrogen and oxygen atoms in total. The van der Waals surface area contributed by atoms with Crippen LogP contribution in [0.25, 0.3) is 0 Å². The van der Waals surface area contributed by atoms with E-state index >= 15 is 0 Å². The van der Waals surface area contributed by atoms with Gasteiger partial charge in [0.25, 0.3) is 0 Å². The maximum Gasteiger partial charge on any atom is 0.235 e. The van der Waals surface area contributed by atoms with Gasteiger partial charge in [-0.15, -0.1) is 0 Å². The SMILES string of the molecule is O=C=NC1(c2cc(Br)cc(F)c2Cl)CCC1. The van der Waals surface area contributed by atoms with Crippen LogP contribution in [-0.2, 0) is 10.3 Å². The van der Waals surface area contributed by atoms with Gasteiger partial charge in [0, 0.05) is 10.0 Å². The summed E-state index contributed by atoms with van der Waals surface area (Å²) in [6.07, 6.45) is 3.92. The minimum atomic E-state index is -0.663. The Morgan fingerprint density at radius 2 is 2.19 bits per heavy atom. The highest BCUT2D eigenvalue weighted by molar-refractivity contribution is 9.10. The number of hydrogen-bond donors (Lipinski definition) is 0. The Morgan fingerprint density at radius 1 is 1.50 bits per heavy atom. The van der Waals surface area contributed by atoms with Gasteiger partial charge in [-0.3, -0.25) is 0 Å². The molecule has 0 radical (unpaired) electrons. The summed E-state index contributed by atoms with van der Waals surface area (Å²) in [7, 11) is 0. The van der Waals surface area contributed by atoms with Crippen molar-refractivity contribution in [3.63, 3.8) is 0 Å². The molecule has 1 saturated carbocycles. The summed E-state index contributed by atoms with van der Waals surface area (Å²) < 4.78 is 14.1. The van der Waals surface area contributed by atoms with Crippen molar-refractivity contribution in [2.75, 3.05) is 0 Å². The van der Waals surface area contributed by atoms with Gasteiger partial charge >= 0.3 is 0 Å². The number of isocyanates is 1. The predicted molar refractivity (Wildman–Crippen MR) is 62.8 cm³/mol. The molecule has 1 aliphatic rings. The van der Waals surface area contributed by atoms with Gasteiger partial charge in [0.05, 0.1) is 10.6 Å². The van der Waals surface area contributed by atoms with Crippen molar-refractivity contribution in [2.24, 2.45) is 4.99 Å². The van der Waals surface area contributed by atoms with E-state index in [4.69, 9.17) is 11.6 Å². The van der Waals surface area contributed by atoms with Crippen LogP contribution >= 0.6 is 27.5 Å². The first-order valence-corrected chi connectivity index (χ1v) is 6.00. The van der Waals surface area contributed by atoms with Gasteiger partial charge in [0.2, 0.25) is 6.08 Å². The lowest BCUT2D eigenvalue weighted by Crippen LogP contribution is -2.32. The van der Waals surface area contributed by atoms with Gasteiger partial charge in [-0.05, 0) is 31.4 Å². The molecule has 0 heterocycles. The van der Waals surface area contributed by atoms with Crippen LogP contribution in [0.2, 0.25) is 5.02 Å². The molecule has 0 amide bonds. The average molecular weight is 305 g/mol. The molecule has 0 bridgehead atoms. The van der Waals surface area contributed by atoms with Crippen molar-refractivity contribution in [3.8, 4) is 0 Å². The lowest BCUT2D eigenvalue weighted by atomic mass is 9.72. The molecule has 84 valence electrons. The molecule has 0 spiro atoms. The van der Waals surface area contributed by atoms with Crippen LogP contribution in [0.1, 0.15) is 24.8 Å². The van der Waals surface area contributed by atoms with Crippen LogP contribution in [-0.4, -0.2) is 6.08 Å². The Morgan fingerprint density at radius 3 is 2.69 bits per heavy atom. The van der Waals surface area contributed by atoms with Crippen LogP contribution in [0, 0.1) is 5.82 Å². The molecule has 0 unspecified atom stereocenters. The summed E-state index contributed by atoms with van der Waals surface area (Å²) in [5.74, 6) is -0.501. The Hall–Kier alpha value is -0.700. The highest BCUT2D eigenvalue weighted by Crippen LogP contribution is 2.48. The molecule has 16 heavy (non-hydrogen) atoms. The smallest absolute Gasteiger partial charge is 0.211 e. The highest BCUT2D eigenvalue weighted by atomic mass is 79.9. The van der Waals surface area contributed by atoms with E-state index in [9.17, 15) is 9.18 Å². The number of hydrogen-bond acceptors (Lipinski definition) is 2. The fourth-order valence-corrected chi connectivity index (χ4v) is 2.65.